The Morgan fingerprint density at radius 2 is 1.91 bits per heavy atom. The third-order valence-corrected chi connectivity index (χ3v) is 7.12. The summed E-state index contributed by atoms with van der Waals surface area (Å²) in [5, 5.41) is 0. The number of carbonyl (C=O) groups excluding carboxylic acids is 2. The highest BCUT2D eigenvalue weighted by atomic mass is 79.9. The number of sulfonamides is 1. The maximum Gasteiger partial charge on any atom is 0.303 e. The molecule has 0 bridgehead atoms. The predicted octanol–water partition coefficient (Wildman–Crippen LogP) is 0.907. The minimum absolute atomic E-state index is 0.226. The average molecular weight is 411 g/mol. The highest BCUT2D eigenvalue weighted by Gasteiger charge is 2.31. The molecule has 0 spiro atoms. The second kappa shape index (κ2) is 7.07. The first-order chi connectivity index (χ1) is 10.3. The summed E-state index contributed by atoms with van der Waals surface area (Å²) in [4.78, 5) is 24.0. The van der Waals surface area contributed by atoms with Crippen molar-refractivity contribution in [1.82, 2.24) is 9.21 Å². The second-order valence-electron chi connectivity index (χ2n) is 4.62. The van der Waals surface area contributed by atoms with Gasteiger partial charge in [-0.05, 0) is 28.1 Å². The van der Waals surface area contributed by atoms with Crippen LogP contribution in [0.3, 0.4) is 0 Å². The summed E-state index contributed by atoms with van der Waals surface area (Å²) in [7, 11) is -3.52. The van der Waals surface area contributed by atoms with E-state index in [1.807, 2.05) is 0 Å². The number of nitrogens with zero attached hydrogens (tertiary/aromatic N) is 2. The first-order valence-corrected chi connectivity index (χ1v) is 9.52. The summed E-state index contributed by atoms with van der Waals surface area (Å²) in [6.45, 7) is 1.95. The van der Waals surface area contributed by atoms with Crippen molar-refractivity contribution in [3.8, 4) is 0 Å². The molecule has 7 nitrogen and oxygen atoms in total. The van der Waals surface area contributed by atoms with Crippen molar-refractivity contribution in [2.75, 3.05) is 32.8 Å². The first-order valence-electron chi connectivity index (χ1n) is 6.47. The fourth-order valence-electron chi connectivity index (χ4n) is 2.00. The predicted molar refractivity (Wildman–Crippen MR) is 84.0 cm³/mol. The lowest BCUT2D eigenvalue weighted by Gasteiger charge is -2.33. The normalized spacial score (nSPS) is 16.5. The Morgan fingerprint density at radius 1 is 1.27 bits per heavy atom. The van der Waals surface area contributed by atoms with Gasteiger partial charge in [-0.2, -0.15) is 4.31 Å². The van der Waals surface area contributed by atoms with Crippen LogP contribution < -0.4 is 0 Å². The average Bonchev–Trinajstić information content (AvgIpc) is 2.92. The minimum atomic E-state index is -3.52. The molecule has 0 aliphatic carbocycles. The van der Waals surface area contributed by atoms with Crippen molar-refractivity contribution in [1.29, 1.82) is 0 Å². The summed E-state index contributed by atoms with van der Waals surface area (Å²) >= 11 is 4.40. The van der Waals surface area contributed by atoms with Crippen molar-refractivity contribution >= 4 is 49.2 Å². The van der Waals surface area contributed by atoms with Crippen LogP contribution >= 0.6 is 27.3 Å². The number of amides is 1. The van der Waals surface area contributed by atoms with Gasteiger partial charge in [0.25, 0.3) is 15.9 Å². The van der Waals surface area contributed by atoms with Crippen LogP contribution in [0.25, 0.3) is 0 Å². The molecule has 2 rings (SSSR count). The van der Waals surface area contributed by atoms with E-state index < -0.39 is 16.0 Å². The smallest absolute Gasteiger partial charge is 0.303 e. The molecule has 1 saturated heterocycles. The van der Waals surface area contributed by atoms with E-state index in [4.69, 9.17) is 0 Å². The summed E-state index contributed by atoms with van der Waals surface area (Å²) in [5.41, 5.74) is 0. The van der Waals surface area contributed by atoms with E-state index >= 15 is 0 Å². The van der Waals surface area contributed by atoms with E-state index in [0.29, 0.717) is 0 Å². The maximum absolute atomic E-state index is 12.4. The van der Waals surface area contributed by atoms with Crippen molar-refractivity contribution in [3.63, 3.8) is 0 Å². The molecule has 10 heteroatoms. The molecule has 0 N–H and O–H groups in total. The van der Waals surface area contributed by atoms with Crippen LogP contribution in [0.1, 0.15) is 6.92 Å². The number of hydrogen-bond donors (Lipinski definition) is 0. The fraction of sp³-hybridized carbons (Fsp3) is 0.500. The molecular formula is C12H15BrN2O5S2. The lowest BCUT2D eigenvalue weighted by molar-refractivity contribution is -0.150. The molecule has 1 aliphatic heterocycles. The van der Waals surface area contributed by atoms with E-state index in [2.05, 4.69) is 20.7 Å². The Morgan fingerprint density at radius 3 is 2.41 bits per heavy atom. The van der Waals surface area contributed by atoms with Gasteiger partial charge in [0.05, 0.1) is 3.79 Å². The van der Waals surface area contributed by atoms with E-state index in [1.54, 1.807) is 12.1 Å². The Labute approximate surface area is 141 Å². The lowest BCUT2D eigenvalue weighted by atomic mass is 10.3. The Bertz CT molecular complexity index is 665. The highest BCUT2D eigenvalue weighted by Crippen LogP contribution is 2.28. The molecule has 1 aliphatic rings. The van der Waals surface area contributed by atoms with Crippen molar-refractivity contribution < 1.29 is 22.7 Å². The molecule has 0 atom stereocenters. The van der Waals surface area contributed by atoms with Crippen molar-refractivity contribution in [2.45, 2.75) is 11.1 Å². The van der Waals surface area contributed by atoms with Gasteiger partial charge in [0.1, 0.15) is 4.21 Å². The zero-order chi connectivity index (χ0) is 16.3. The van der Waals surface area contributed by atoms with Crippen LogP contribution in [0.4, 0.5) is 0 Å². The van der Waals surface area contributed by atoms with E-state index in [9.17, 15) is 18.0 Å². The molecule has 0 saturated carbocycles. The van der Waals surface area contributed by atoms with Gasteiger partial charge in [0, 0.05) is 33.1 Å². The molecule has 0 radical (unpaired) electrons. The van der Waals surface area contributed by atoms with Gasteiger partial charge in [0.2, 0.25) is 0 Å². The van der Waals surface area contributed by atoms with Gasteiger partial charge in [-0.3, -0.25) is 9.59 Å². The Hall–Kier alpha value is -0.970. The second-order valence-corrected chi connectivity index (χ2v) is 9.25. The molecule has 1 amide bonds. The summed E-state index contributed by atoms with van der Waals surface area (Å²) < 4.78 is 31.9. The standard InChI is InChI=1S/C12H15BrN2O5S2/c1-9(16)20-8-11(17)14-4-6-15(7-5-14)22(18,19)12-3-2-10(13)21-12/h2-3H,4-8H2,1H3. The molecule has 1 fully saturated rings. The largest absolute Gasteiger partial charge is 0.456 e. The summed E-state index contributed by atoms with van der Waals surface area (Å²) in [5.74, 6) is -0.830. The molecular weight excluding hydrogens is 396 g/mol. The molecule has 1 aromatic heterocycles. The van der Waals surface area contributed by atoms with Gasteiger partial charge in [0.15, 0.2) is 6.61 Å². The third-order valence-electron chi connectivity index (χ3n) is 3.13. The van der Waals surface area contributed by atoms with Crippen LogP contribution in [0, 0.1) is 0 Å². The molecule has 122 valence electrons. The number of esters is 1. The molecule has 1 aromatic rings. The number of thiophene rings is 1. The first kappa shape index (κ1) is 17.4. The SMILES string of the molecule is CC(=O)OCC(=O)N1CCN(S(=O)(=O)c2ccc(Br)s2)CC1. The van der Waals surface area contributed by atoms with Gasteiger partial charge < -0.3 is 9.64 Å². The number of piperazine rings is 1. The lowest BCUT2D eigenvalue weighted by Crippen LogP contribution is -2.51. The number of hydrogen-bond acceptors (Lipinski definition) is 6. The van der Waals surface area contributed by atoms with Crippen LogP contribution in [0.5, 0.6) is 0 Å². The summed E-state index contributed by atoms with van der Waals surface area (Å²) in [6, 6.07) is 3.25. The minimum Gasteiger partial charge on any atom is -0.456 e. The molecule has 22 heavy (non-hydrogen) atoms. The fourth-order valence-corrected chi connectivity index (χ4v) is 5.58. The van der Waals surface area contributed by atoms with Crippen molar-refractivity contribution in [3.05, 3.63) is 15.9 Å². The van der Waals surface area contributed by atoms with Crippen LogP contribution in [-0.4, -0.2) is 62.3 Å². The van der Waals surface area contributed by atoms with Crippen molar-refractivity contribution in [2.24, 2.45) is 0 Å². The monoisotopic (exact) mass is 410 g/mol. The van der Waals surface area contributed by atoms with Crippen LogP contribution in [-0.2, 0) is 24.3 Å². The van der Waals surface area contributed by atoms with Gasteiger partial charge >= 0.3 is 5.97 Å². The van der Waals surface area contributed by atoms with E-state index in [1.165, 1.54) is 16.1 Å². The van der Waals surface area contributed by atoms with Crippen LogP contribution in [0.15, 0.2) is 20.1 Å². The number of carbonyl (C=O) groups is 2. The Balaban J connectivity index is 1.94. The van der Waals surface area contributed by atoms with Gasteiger partial charge in [-0.15, -0.1) is 11.3 Å². The third kappa shape index (κ3) is 4.06. The molecule has 2 heterocycles. The van der Waals surface area contributed by atoms with E-state index in [0.717, 1.165) is 15.1 Å². The maximum atomic E-state index is 12.4. The topological polar surface area (TPSA) is 84.0 Å². The zero-order valence-electron chi connectivity index (χ0n) is 11.8. The van der Waals surface area contributed by atoms with E-state index in [-0.39, 0.29) is 42.9 Å². The number of rotatable bonds is 4. The number of halogens is 1. The Kier molecular flexibility index (Phi) is 5.59. The molecule has 0 aromatic carbocycles. The zero-order valence-corrected chi connectivity index (χ0v) is 15.0. The highest BCUT2D eigenvalue weighted by molar-refractivity contribution is 9.11. The summed E-state index contributed by atoms with van der Waals surface area (Å²) in [6.07, 6.45) is 0. The number of ether oxygens (including phenoxy) is 1. The quantitative estimate of drug-likeness (QED) is 0.688. The van der Waals surface area contributed by atoms with Gasteiger partial charge in [-0.25, -0.2) is 8.42 Å². The van der Waals surface area contributed by atoms with Crippen LogP contribution in [0.2, 0.25) is 0 Å². The molecule has 0 unspecified atom stereocenters. The van der Waals surface area contributed by atoms with Gasteiger partial charge in [-0.1, -0.05) is 0 Å².